The predicted octanol–water partition coefficient (Wildman–Crippen LogP) is 3.73. The molecule has 0 aliphatic carbocycles. The molecule has 0 N–H and O–H groups in total. The van der Waals surface area contributed by atoms with Crippen LogP contribution in [0.4, 0.5) is 0 Å². The molecule has 8 nitrogen and oxygen atoms in total. The molecule has 1 aliphatic rings. The number of benzene rings is 1. The van der Waals surface area contributed by atoms with Gasteiger partial charge in [-0.05, 0) is 18.4 Å². The fraction of sp³-hybridized carbons (Fsp3) is 0.333. The van der Waals surface area contributed by atoms with E-state index in [2.05, 4.69) is 37.0 Å². The van der Waals surface area contributed by atoms with Crippen LogP contribution in [0.15, 0.2) is 56.2 Å². The maximum atomic E-state index is 5.55. The molecule has 0 bridgehead atoms. The van der Waals surface area contributed by atoms with Crippen LogP contribution < -0.4 is 0 Å². The van der Waals surface area contributed by atoms with E-state index in [-0.39, 0.29) is 6.04 Å². The van der Waals surface area contributed by atoms with Crippen molar-refractivity contribution in [2.24, 2.45) is 0 Å². The number of nitrogens with zero attached hydrogens (tertiary/aromatic N) is 6. The van der Waals surface area contributed by atoms with Gasteiger partial charge in [-0.2, -0.15) is 21.3 Å². The molecule has 0 radical (unpaired) electrons. The molecule has 1 aromatic carbocycles. The number of rotatable bonds is 6. The van der Waals surface area contributed by atoms with E-state index >= 15 is 0 Å². The number of hydrogen-bond acceptors (Lipinski definition) is 9. The van der Waals surface area contributed by atoms with Gasteiger partial charge in [-0.3, -0.25) is 9.80 Å². The number of piperazine rings is 1. The first-order valence-electron chi connectivity index (χ1n) is 9.97. The summed E-state index contributed by atoms with van der Waals surface area (Å²) in [5.41, 5.74) is 1.97. The molecule has 9 heteroatoms. The van der Waals surface area contributed by atoms with Crippen molar-refractivity contribution in [1.82, 2.24) is 30.1 Å². The highest BCUT2D eigenvalue weighted by Gasteiger charge is 2.26. The van der Waals surface area contributed by atoms with Gasteiger partial charge in [0.25, 0.3) is 0 Å². The van der Waals surface area contributed by atoms with Gasteiger partial charge in [0.05, 0.1) is 12.6 Å². The number of aromatic nitrogens is 4. The minimum Gasteiger partial charge on any atom is -0.338 e. The molecule has 30 heavy (non-hydrogen) atoms. The smallest absolute Gasteiger partial charge is 0.244 e. The van der Waals surface area contributed by atoms with Gasteiger partial charge in [0.2, 0.25) is 23.4 Å². The zero-order chi connectivity index (χ0) is 20.3. The molecule has 0 amide bonds. The number of hydrogen-bond donors (Lipinski definition) is 0. The van der Waals surface area contributed by atoms with E-state index in [4.69, 9.17) is 9.05 Å². The molecule has 154 valence electrons. The minimum atomic E-state index is 0.0747. The van der Waals surface area contributed by atoms with E-state index in [1.807, 2.05) is 47.2 Å². The third kappa shape index (κ3) is 4.04. The molecule has 0 spiro atoms. The first-order valence-corrected chi connectivity index (χ1v) is 10.9. The SMILES string of the molecule is CC(c1nc(-c2ccccc2)no1)N1CCN(Cc2nc(-c3ccsc3)no2)CC1. The molecule has 4 aromatic rings. The van der Waals surface area contributed by atoms with Crippen molar-refractivity contribution in [2.45, 2.75) is 19.5 Å². The van der Waals surface area contributed by atoms with E-state index < -0.39 is 0 Å². The molecule has 1 fully saturated rings. The van der Waals surface area contributed by atoms with Crippen LogP contribution in [0.25, 0.3) is 22.8 Å². The maximum absolute atomic E-state index is 5.55. The second-order valence-electron chi connectivity index (χ2n) is 7.33. The lowest BCUT2D eigenvalue weighted by Crippen LogP contribution is -2.46. The normalized spacial score (nSPS) is 16.7. The zero-order valence-electron chi connectivity index (χ0n) is 16.6. The van der Waals surface area contributed by atoms with Crippen LogP contribution in [0.3, 0.4) is 0 Å². The fourth-order valence-corrected chi connectivity index (χ4v) is 4.23. The summed E-state index contributed by atoms with van der Waals surface area (Å²) in [5, 5.41) is 12.3. The van der Waals surface area contributed by atoms with Crippen molar-refractivity contribution >= 4 is 11.3 Å². The van der Waals surface area contributed by atoms with Crippen molar-refractivity contribution in [3.05, 3.63) is 58.9 Å². The van der Waals surface area contributed by atoms with Gasteiger partial charge in [-0.25, -0.2) is 0 Å². The largest absolute Gasteiger partial charge is 0.338 e. The van der Waals surface area contributed by atoms with Gasteiger partial charge >= 0.3 is 0 Å². The highest BCUT2D eigenvalue weighted by Crippen LogP contribution is 2.24. The molecule has 1 unspecified atom stereocenters. The summed E-state index contributed by atoms with van der Waals surface area (Å²) in [6.45, 7) is 6.44. The summed E-state index contributed by atoms with van der Waals surface area (Å²) >= 11 is 1.63. The average molecular weight is 423 g/mol. The van der Waals surface area contributed by atoms with E-state index in [0.717, 1.165) is 37.3 Å². The second-order valence-corrected chi connectivity index (χ2v) is 8.11. The molecular weight excluding hydrogens is 400 g/mol. The zero-order valence-corrected chi connectivity index (χ0v) is 17.5. The van der Waals surface area contributed by atoms with E-state index in [0.29, 0.717) is 30.0 Å². The molecular formula is C21H22N6O2S. The van der Waals surface area contributed by atoms with Crippen molar-refractivity contribution in [1.29, 1.82) is 0 Å². The van der Waals surface area contributed by atoms with Crippen LogP contribution >= 0.6 is 11.3 Å². The summed E-state index contributed by atoms with van der Waals surface area (Å²) in [7, 11) is 0. The highest BCUT2D eigenvalue weighted by molar-refractivity contribution is 7.08. The third-order valence-electron chi connectivity index (χ3n) is 5.39. The van der Waals surface area contributed by atoms with Gasteiger partial charge in [0.1, 0.15) is 0 Å². The van der Waals surface area contributed by atoms with E-state index in [1.54, 1.807) is 11.3 Å². The Morgan fingerprint density at radius 3 is 2.47 bits per heavy atom. The Hall–Kier alpha value is -2.88. The van der Waals surface area contributed by atoms with Crippen LogP contribution in [0.2, 0.25) is 0 Å². The monoisotopic (exact) mass is 422 g/mol. The third-order valence-corrected chi connectivity index (χ3v) is 6.08. The van der Waals surface area contributed by atoms with Crippen LogP contribution in [-0.2, 0) is 6.54 Å². The maximum Gasteiger partial charge on any atom is 0.244 e. The van der Waals surface area contributed by atoms with Crippen LogP contribution in [-0.4, -0.2) is 56.3 Å². The van der Waals surface area contributed by atoms with Crippen molar-refractivity contribution in [3.63, 3.8) is 0 Å². The summed E-state index contributed by atoms with van der Waals surface area (Å²) in [6, 6.07) is 12.0. The Bertz CT molecular complexity index is 1070. The van der Waals surface area contributed by atoms with Crippen LogP contribution in [0, 0.1) is 0 Å². The Balaban J connectivity index is 1.17. The summed E-state index contributed by atoms with van der Waals surface area (Å²) in [4.78, 5) is 13.8. The lowest BCUT2D eigenvalue weighted by atomic mass is 10.2. The topological polar surface area (TPSA) is 84.3 Å². The molecule has 5 rings (SSSR count). The van der Waals surface area contributed by atoms with E-state index in [9.17, 15) is 0 Å². The summed E-state index contributed by atoms with van der Waals surface area (Å²) in [5.74, 6) is 2.60. The molecule has 1 aliphatic heterocycles. The fourth-order valence-electron chi connectivity index (χ4n) is 3.59. The second kappa shape index (κ2) is 8.47. The molecule has 1 saturated heterocycles. The Labute approximate surface area is 178 Å². The average Bonchev–Trinajstić information content (AvgIpc) is 3.56. The first kappa shape index (κ1) is 19.1. The Morgan fingerprint density at radius 1 is 0.933 bits per heavy atom. The molecule has 1 atom stereocenters. The van der Waals surface area contributed by atoms with Gasteiger partial charge in [0, 0.05) is 42.7 Å². The lowest BCUT2D eigenvalue weighted by molar-refractivity contribution is 0.0785. The van der Waals surface area contributed by atoms with Crippen LogP contribution in [0.1, 0.15) is 24.7 Å². The quantitative estimate of drug-likeness (QED) is 0.465. The minimum absolute atomic E-state index is 0.0747. The van der Waals surface area contributed by atoms with Crippen molar-refractivity contribution in [3.8, 4) is 22.8 Å². The van der Waals surface area contributed by atoms with Crippen molar-refractivity contribution in [2.75, 3.05) is 26.2 Å². The first-order chi connectivity index (χ1) is 14.8. The highest BCUT2D eigenvalue weighted by atomic mass is 32.1. The van der Waals surface area contributed by atoms with E-state index in [1.165, 1.54) is 0 Å². The van der Waals surface area contributed by atoms with Gasteiger partial charge < -0.3 is 9.05 Å². The number of thiophene rings is 1. The van der Waals surface area contributed by atoms with Gasteiger partial charge in [-0.15, -0.1) is 0 Å². The summed E-state index contributed by atoms with van der Waals surface area (Å²) in [6.07, 6.45) is 0. The lowest BCUT2D eigenvalue weighted by Gasteiger charge is -2.36. The molecule has 4 heterocycles. The van der Waals surface area contributed by atoms with Gasteiger partial charge in [0.15, 0.2) is 0 Å². The molecule has 0 saturated carbocycles. The van der Waals surface area contributed by atoms with Crippen LogP contribution in [0.5, 0.6) is 0 Å². The predicted molar refractivity (Wildman–Crippen MR) is 113 cm³/mol. The standard InChI is InChI=1S/C21H22N6O2S/c1-15(21-23-19(25-29-21)16-5-3-2-4-6-16)27-10-8-26(9-11-27)13-18-22-20(24-28-18)17-7-12-30-14-17/h2-7,12,14-15H,8-11,13H2,1H3. The molecule has 3 aromatic heterocycles. The Kier molecular flexibility index (Phi) is 5.39. The van der Waals surface area contributed by atoms with Crippen molar-refractivity contribution < 1.29 is 9.05 Å². The summed E-state index contributed by atoms with van der Waals surface area (Å²) < 4.78 is 11.0. The Morgan fingerprint density at radius 2 is 1.70 bits per heavy atom. The van der Waals surface area contributed by atoms with Gasteiger partial charge in [-0.1, -0.05) is 40.6 Å².